The Kier molecular flexibility index (Phi) is 18.4. The Morgan fingerprint density at radius 3 is 1.68 bits per heavy atom. The zero-order valence-electron chi connectivity index (χ0n) is 39.4. The van der Waals surface area contributed by atoms with Gasteiger partial charge in [-0.1, -0.05) is 81.0 Å². The number of aliphatic hydroxyl groups excluding tert-OH is 2. The third-order valence-corrected chi connectivity index (χ3v) is 13.9. The predicted octanol–water partition coefficient (Wildman–Crippen LogP) is 3.08. The smallest absolute Gasteiger partial charge is 0.857 e. The van der Waals surface area contributed by atoms with E-state index in [1.165, 1.54) is 5.56 Å². The second-order valence-corrected chi connectivity index (χ2v) is 19.0. The quantitative estimate of drug-likeness (QED) is 0.192. The number of aliphatic hydroxyl groups is 2. The van der Waals surface area contributed by atoms with Crippen LogP contribution >= 0.6 is 0 Å². The van der Waals surface area contributed by atoms with Crippen molar-refractivity contribution in [1.29, 1.82) is 0 Å². The van der Waals surface area contributed by atoms with Crippen molar-refractivity contribution in [3.63, 3.8) is 0 Å². The van der Waals surface area contributed by atoms with E-state index in [2.05, 4.69) is 58.5 Å². The van der Waals surface area contributed by atoms with Crippen molar-refractivity contribution in [1.82, 2.24) is 21.1 Å². The number of hydrogen-bond acceptors (Lipinski definition) is 9. The number of aromatic nitrogens is 1. The minimum absolute atomic E-state index is 0. The number of nitrogens with one attached hydrogen (secondary N) is 3. The first kappa shape index (κ1) is 52.6. The molecule has 6 atom stereocenters. The third-order valence-electron chi connectivity index (χ3n) is 13.9. The summed E-state index contributed by atoms with van der Waals surface area (Å²) in [5.74, 6) is 2.19. The van der Waals surface area contributed by atoms with Crippen LogP contribution in [0.5, 0.6) is 0 Å². The van der Waals surface area contributed by atoms with Crippen LogP contribution in [-0.2, 0) is 31.0 Å². The molecule has 4 heterocycles. The largest absolute Gasteiger partial charge is 1.00 e. The number of amides is 3. The minimum Gasteiger partial charge on any atom is -0.857 e. The standard InChI is InChI=1S/2C14H20N2O2.C14H18N2O2.CH4O.CH3O.CH4.Na.H2/c1-13(2)10-4-5-11(17)15-8-14(10,3)6-9-7-16-18-12(9)13;2*1-13(2)10-5-6-11(17)16-8-14(10,3)7-9(15-4)12(13)18;2*1-2;;;/h7,10H,4-6,8H2,1-3H3,(H,15,17);10,18H,5-8H2,1-3H3,(H,16,17);7,10H,5-6,8H2,1-3H3,(H,16,17);2H,1H3;1H3;1H4;;1H/q;;;;-1;;+1;/t3*10-,14+;;;;;/m000...../s1/i;;;;;;;1+1D. The van der Waals surface area contributed by atoms with Crippen LogP contribution in [0.4, 0.5) is 0 Å². The molecule has 3 aliphatic heterocycles. The molecule has 0 saturated carbocycles. The number of Topliss-reactive ketones (excluding diaryl/α,β-unsaturated/α-hetero) is 1. The second-order valence-electron chi connectivity index (χ2n) is 19.0. The maximum absolute atomic E-state index is 12.3. The van der Waals surface area contributed by atoms with Gasteiger partial charge in [-0.15, -0.1) is 0 Å². The Labute approximate surface area is 383 Å². The monoisotopic (exact) mass is 849 g/mol. The summed E-state index contributed by atoms with van der Waals surface area (Å²) in [6, 6.07) is 0. The molecule has 0 unspecified atom stereocenters. The van der Waals surface area contributed by atoms with E-state index in [1.54, 1.807) is 6.08 Å². The van der Waals surface area contributed by atoms with Crippen LogP contribution in [0.15, 0.2) is 33.9 Å². The predicted molar refractivity (Wildman–Crippen MR) is 226 cm³/mol. The van der Waals surface area contributed by atoms with Crippen LogP contribution in [0.2, 0.25) is 0 Å². The number of carbonyl (C=O) groups excluding carboxylic acids is 4. The normalized spacial score (nSPS) is 31.6. The molecule has 0 spiro atoms. The van der Waals surface area contributed by atoms with Crippen LogP contribution in [-0.4, -0.2) is 72.7 Å². The van der Waals surface area contributed by atoms with Crippen LogP contribution in [0.25, 0.3) is 9.69 Å². The van der Waals surface area contributed by atoms with Gasteiger partial charge in [0.2, 0.25) is 29.1 Å². The molecular formula is C45H71N6NaO8. The first-order valence-electron chi connectivity index (χ1n) is 21.1. The van der Waals surface area contributed by atoms with Crippen LogP contribution < -0.4 is 50.6 Å². The molecule has 3 fully saturated rings. The summed E-state index contributed by atoms with van der Waals surface area (Å²) in [4.78, 5) is 53.9. The van der Waals surface area contributed by atoms with E-state index in [4.69, 9.17) is 30.9 Å². The molecular weight excluding hydrogens is 776 g/mol. The molecule has 0 aromatic carbocycles. The van der Waals surface area contributed by atoms with Gasteiger partial charge in [-0.2, -0.15) is 7.11 Å². The molecule has 330 valence electrons. The number of hydrogen-bond donors (Lipinski definition) is 5. The van der Waals surface area contributed by atoms with Gasteiger partial charge in [0.25, 0.3) is 0 Å². The second kappa shape index (κ2) is 21.0. The molecule has 0 bridgehead atoms. The summed E-state index contributed by atoms with van der Waals surface area (Å²) in [7, 11) is 1.75. The number of rotatable bonds is 0. The van der Waals surface area contributed by atoms with Crippen LogP contribution in [0.3, 0.4) is 0 Å². The zero-order chi connectivity index (χ0) is 46.1. The summed E-state index contributed by atoms with van der Waals surface area (Å²) in [5.41, 5.74) is 0.485. The van der Waals surface area contributed by atoms with E-state index in [0.717, 1.165) is 45.8 Å². The van der Waals surface area contributed by atoms with Crippen molar-refractivity contribution >= 4 is 23.5 Å². The van der Waals surface area contributed by atoms with Crippen molar-refractivity contribution in [3.8, 4) is 0 Å². The number of ketones is 1. The fraction of sp³-hybridized carbons (Fsp3) is 0.711. The third kappa shape index (κ3) is 10.7. The minimum atomic E-state index is -0.574. The molecule has 0 radical (unpaired) electrons. The molecule has 1 aromatic rings. The Hall–Kier alpha value is -3.53. The molecule has 7 rings (SSSR count). The maximum atomic E-state index is 12.3. The van der Waals surface area contributed by atoms with E-state index in [0.29, 0.717) is 56.8 Å². The van der Waals surface area contributed by atoms with Gasteiger partial charge in [0.15, 0.2) is 5.78 Å². The SMILES string of the molecule is C.CC1(C)c2oncc2C[C@]2(C)CNC(=O)CC[C@@H]12.CO.C[O-].[2H][2H].[C-]#[N+]C1=C(O)C(C)(C)[C@@H]2CCC(=O)NC[C@@]2(C)C1.[C-]#[N+]C1=C[C@]2(C)CNC(=O)CC[C@H]2C(C)(C)C1=O.[Na+]. The zero-order valence-corrected chi connectivity index (χ0v) is 39.4. The Balaban J connectivity index is 0.000000835. The summed E-state index contributed by atoms with van der Waals surface area (Å²) in [5, 5.41) is 38.4. The van der Waals surface area contributed by atoms with Gasteiger partial charge in [0, 0.05) is 70.8 Å². The maximum Gasteiger partial charge on any atom is 1.00 e. The van der Waals surface area contributed by atoms with Gasteiger partial charge in [0.1, 0.15) is 11.5 Å². The molecule has 5 N–H and O–H groups in total. The van der Waals surface area contributed by atoms with Gasteiger partial charge >= 0.3 is 29.6 Å². The van der Waals surface area contributed by atoms with Gasteiger partial charge in [-0.05, 0) is 66.1 Å². The van der Waals surface area contributed by atoms with Crippen LogP contribution in [0.1, 0.15) is 129 Å². The van der Waals surface area contributed by atoms with Crippen molar-refractivity contribution in [2.24, 2.45) is 44.8 Å². The number of nitrogens with zero attached hydrogens (tertiary/aromatic N) is 3. The molecule has 15 heteroatoms. The average Bonchev–Trinajstić information content (AvgIpc) is 3.47. The van der Waals surface area contributed by atoms with Gasteiger partial charge in [0.05, 0.1) is 19.3 Å². The molecule has 3 aliphatic carbocycles. The molecule has 3 amide bonds. The van der Waals surface area contributed by atoms with Crippen molar-refractivity contribution in [3.05, 3.63) is 63.6 Å². The van der Waals surface area contributed by atoms with Crippen molar-refractivity contribution in [2.45, 2.75) is 127 Å². The van der Waals surface area contributed by atoms with Crippen molar-refractivity contribution in [2.75, 3.05) is 33.9 Å². The number of carbonyl (C=O) groups is 4. The van der Waals surface area contributed by atoms with E-state index in [1.807, 2.05) is 40.8 Å². The van der Waals surface area contributed by atoms with Gasteiger partial charge < -0.3 is 40.6 Å². The Morgan fingerprint density at radius 1 is 0.750 bits per heavy atom. The summed E-state index contributed by atoms with van der Waals surface area (Å²) >= 11 is 0. The molecule has 6 aliphatic rings. The first-order chi connectivity index (χ1) is 28.1. The Morgan fingerprint density at radius 2 is 1.20 bits per heavy atom. The molecule has 1 aromatic heterocycles. The van der Waals surface area contributed by atoms with Gasteiger partial charge in [-0.3, -0.25) is 14.4 Å². The fourth-order valence-corrected chi connectivity index (χ4v) is 11.1. The topological polar surface area (TPSA) is 203 Å². The average molecular weight is 849 g/mol. The van der Waals surface area contributed by atoms with Crippen LogP contribution in [0, 0.1) is 58.0 Å². The molecule has 60 heavy (non-hydrogen) atoms. The summed E-state index contributed by atoms with van der Waals surface area (Å²) < 4.78 is 15.5. The van der Waals surface area contributed by atoms with Gasteiger partial charge in [-0.25, -0.2) is 9.69 Å². The summed E-state index contributed by atoms with van der Waals surface area (Å²) in [6.07, 6.45) is 9.07. The fourth-order valence-electron chi connectivity index (χ4n) is 11.1. The first-order valence-corrected chi connectivity index (χ1v) is 20.1. The van der Waals surface area contributed by atoms with Crippen molar-refractivity contribution < 1.29 is 71.5 Å². The van der Waals surface area contributed by atoms with E-state index in [-0.39, 0.29) is 105 Å². The number of fused-ring (bicyclic) bond motifs is 4. The molecule has 3 saturated heterocycles. The number of allylic oxidation sites excluding steroid dienone is 3. The Bertz CT molecular complexity index is 1880. The van der Waals surface area contributed by atoms with E-state index >= 15 is 0 Å². The molecule has 14 nitrogen and oxygen atoms in total. The summed E-state index contributed by atoms with van der Waals surface area (Å²) in [6.45, 7) is 34.8. The van der Waals surface area contributed by atoms with E-state index < -0.39 is 10.8 Å². The van der Waals surface area contributed by atoms with E-state index in [9.17, 15) is 24.3 Å².